The van der Waals surface area contributed by atoms with E-state index in [-0.39, 0.29) is 16.8 Å². The lowest BCUT2D eigenvalue weighted by Gasteiger charge is -2.33. The molecule has 0 bridgehead atoms. The molecule has 6 nitrogen and oxygen atoms in total. The highest BCUT2D eigenvalue weighted by molar-refractivity contribution is 7.92. The Labute approximate surface area is 130 Å². The van der Waals surface area contributed by atoms with Crippen molar-refractivity contribution in [1.29, 1.82) is 0 Å². The van der Waals surface area contributed by atoms with Crippen LogP contribution in [-0.2, 0) is 19.4 Å². The molecule has 1 atom stereocenters. The smallest absolute Gasteiger partial charge is 0.238 e. The summed E-state index contributed by atoms with van der Waals surface area (Å²) in [5.74, 6) is -1.10. The normalized spacial score (nSPS) is 18.8. The van der Waals surface area contributed by atoms with Crippen molar-refractivity contribution in [3.8, 4) is 0 Å². The van der Waals surface area contributed by atoms with Crippen molar-refractivity contribution in [2.75, 3.05) is 18.8 Å². The lowest BCUT2D eigenvalue weighted by Crippen LogP contribution is -2.50. The molecule has 1 aliphatic heterocycles. The first-order chi connectivity index (χ1) is 10.4. The Balaban J connectivity index is 2.01. The molecule has 1 aliphatic rings. The number of nitrogens with one attached hydrogen (secondary N) is 1. The van der Waals surface area contributed by atoms with Crippen LogP contribution >= 0.6 is 0 Å². The average Bonchev–Trinajstić information content (AvgIpc) is 2.47. The number of nitrogens with zero attached hydrogens (tertiary/aromatic N) is 1. The zero-order valence-electron chi connectivity index (χ0n) is 12.5. The van der Waals surface area contributed by atoms with Gasteiger partial charge in [-0.05, 0) is 25.0 Å². The molecule has 7 heteroatoms. The van der Waals surface area contributed by atoms with E-state index < -0.39 is 21.5 Å². The Morgan fingerprint density at radius 2 is 1.95 bits per heavy atom. The molecule has 0 spiro atoms. The number of benzene rings is 1. The lowest BCUT2D eigenvalue weighted by molar-refractivity contribution is -0.130. The molecule has 1 heterocycles. The summed E-state index contributed by atoms with van der Waals surface area (Å²) in [5, 5.41) is 2.78. The second-order valence-electron chi connectivity index (χ2n) is 5.45. The highest BCUT2D eigenvalue weighted by Crippen LogP contribution is 2.14. The predicted octanol–water partition coefficient (Wildman–Crippen LogP) is 0.587. The predicted molar refractivity (Wildman–Crippen MR) is 81.9 cm³/mol. The number of hydrogen-bond donors (Lipinski definition) is 1. The van der Waals surface area contributed by atoms with Crippen LogP contribution in [0.2, 0.25) is 0 Å². The molecule has 0 saturated carbocycles. The molecule has 0 aliphatic carbocycles. The number of carbonyl (C=O) groups excluding carboxylic acids is 2. The van der Waals surface area contributed by atoms with Crippen LogP contribution in [0.3, 0.4) is 0 Å². The molecule has 1 N–H and O–H groups in total. The quantitative estimate of drug-likeness (QED) is 0.878. The van der Waals surface area contributed by atoms with Crippen LogP contribution in [0.1, 0.15) is 19.8 Å². The fourth-order valence-corrected chi connectivity index (χ4v) is 3.82. The van der Waals surface area contributed by atoms with Crippen molar-refractivity contribution in [2.45, 2.75) is 30.7 Å². The third-order valence-electron chi connectivity index (χ3n) is 3.60. The number of likely N-dealkylation sites (tertiary alicyclic amines) is 1. The standard InChI is InChI=1S/C15H20N2O4S/c1-12(18)16-13-6-5-9-17(10-13)15(19)11-22(20,21)14-7-3-2-4-8-14/h2-4,7-8,13H,5-6,9-11H2,1H3,(H,16,18). The van der Waals surface area contributed by atoms with E-state index in [2.05, 4.69) is 5.32 Å². The van der Waals surface area contributed by atoms with Gasteiger partial charge in [-0.3, -0.25) is 9.59 Å². The van der Waals surface area contributed by atoms with E-state index in [4.69, 9.17) is 0 Å². The van der Waals surface area contributed by atoms with Gasteiger partial charge in [-0.25, -0.2) is 8.42 Å². The minimum absolute atomic E-state index is 0.102. The van der Waals surface area contributed by atoms with E-state index in [1.807, 2.05) is 0 Å². The third-order valence-corrected chi connectivity index (χ3v) is 5.21. The van der Waals surface area contributed by atoms with Crippen LogP contribution in [-0.4, -0.2) is 50.0 Å². The zero-order chi connectivity index (χ0) is 16.2. The maximum absolute atomic E-state index is 12.3. The van der Waals surface area contributed by atoms with Crippen molar-refractivity contribution in [3.05, 3.63) is 30.3 Å². The van der Waals surface area contributed by atoms with Gasteiger partial charge in [0.1, 0.15) is 5.75 Å². The number of piperidine rings is 1. The number of sulfone groups is 1. The molecule has 1 fully saturated rings. The van der Waals surface area contributed by atoms with Crippen LogP contribution in [0.15, 0.2) is 35.2 Å². The Morgan fingerprint density at radius 1 is 1.27 bits per heavy atom. The van der Waals surface area contributed by atoms with E-state index >= 15 is 0 Å². The Hall–Kier alpha value is -1.89. The van der Waals surface area contributed by atoms with Crippen LogP contribution in [0.25, 0.3) is 0 Å². The molecule has 1 aromatic carbocycles. The number of rotatable bonds is 4. The molecule has 120 valence electrons. The van der Waals surface area contributed by atoms with Gasteiger partial charge in [0.2, 0.25) is 11.8 Å². The van der Waals surface area contributed by atoms with Crippen LogP contribution in [0.5, 0.6) is 0 Å². The zero-order valence-corrected chi connectivity index (χ0v) is 13.3. The Morgan fingerprint density at radius 3 is 2.59 bits per heavy atom. The van der Waals surface area contributed by atoms with Gasteiger partial charge in [0.15, 0.2) is 9.84 Å². The van der Waals surface area contributed by atoms with Gasteiger partial charge in [0, 0.05) is 26.1 Å². The van der Waals surface area contributed by atoms with Crippen molar-refractivity contribution in [1.82, 2.24) is 10.2 Å². The summed E-state index contributed by atoms with van der Waals surface area (Å²) >= 11 is 0. The van der Waals surface area contributed by atoms with Gasteiger partial charge in [-0.1, -0.05) is 18.2 Å². The molecular formula is C15H20N2O4S. The first-order valence-electron chi connectivity index (χ1n) is 7.21. The molecule has 0 aromatic heterocycles. The highest BCUT2D eigenvalue weighted by Gasteiger charge is 2.28. The maximum atomic E-state index is 12.3. The molecule has 1 aromatic rings. The van der Waals surface area contributed by atoms with E-state index in [0.29, 0.717) is 13.1 Å². The first kappa shape index (κ1) is 16.5. The Kier molecular flexibility index (Phi) is 5.18. The molecule has 2 rings (SSSR count). The fourth-order valence-electron chi connectivity index (χ4n) is 2.57. The first-order valence-corrected chi connectivity index (χ1v) is 8.86. The summed E-state index contributed by atoms with van der Waals surface area (Å²) in [6.07, 6.45) is 1.55. The summed E-state index contributed by atoms with van der Waals surface area (Å²) in [6.45, 7) is 2.32. The minimum Gasteiger partial charge on any atom is -0.352 e. The van der Waals surface area contributed by atoms with Gasteiger partial charge in [-0.15, -0.1) is 0 Å². The van der Waals surface area contributed by atoms with Crippen molar-refractivity contribution in [3.63, 3.8) is 0 Å². The SMILES string of the molecule is CC(=O)NC1CCCN(C(=O)CS(=O)(=O)c2ccccc2)C1. The molecular weight excluding hydrogens is 304 g/mol. The second-order valence-corrected chi connectivity index (χ2v) is 7.44. The van der Waals surface area contributed by atoms with Gasteiger partial charge in [-0.2, -0.15) is 0 Å². The summed E-state index contributed by atoms with van der Waals surface area (Å²) in [4.78, 5) is 25.0. The summed E-state index contributed by atoms with van der Waals surface area (Å²) in [7, 11) is -3.63. The summed E-state index contributed by atoms with van der Waals surface area (Å²) < 4.78 is 24.5. The van der Waals surface area contributed by atoms with E-state index in [1.165, 1.54) is 24.0 Å². The van der Waals surface area contributed by atoms with Gasteiger partial charge in [0.05, 0.1) is 4.90 Å². The van der Waals surface area contributed by atoms with E-state index in [0.717, 1.165) is 12.8 Å². The summed E-state index contributed by atoms with van der Waals surface area (Å²) in [6, 6.07) is 7.85. The fraction of sp³-hybridized carbons (Fsp3) is 0.467. The molecule has 0 radical (unpaired) electrons. The lowest BCUT2D eigenvalue weighted by atomic mass is 10.1. The Bertz CT molecular complexity index is 643. The van der Waals surface area contributed by atoms with E-state index in [1.54, 1.807) is 18.2 Å². The third kappa shape index (κ3) is 4.30. The maximum Gasteiger partial charge on any atom is 0.238 e. The van der Waals surface area contributed by atoms with Crippen LogP contribution < -0.4 is 5.32 Å². The van der Waals surface area contributed by atoms with Crippen molar-refractivity contribution < 1.29 is 18.0 Å². The van der Waals surface area contributed by atoms with Gasteiger partial charge < -0.3 is 10.2 Å². The summed E-state index contributed by atoms with van der Waals surface area (Å²) in [5.41, 5.74) is 0. The molecule has 22 heavy (non-hydrogen) atoms. The number of hydrogen-bond acceptors (Lipinski definition) is 4. The average molecular weight is 324 g/mol. The van der Waals surface area contributed by atoms with Crippen molar-refractivity contribution in [2.24, 2.45) is 0 Å². The largest absolute Gasteiger partial charge is 0.352 e. The molecule has 1 saturated heterocycles. The van der Waals surface area contributed by atoms with Gasteiger partial charge >= 0.3 is 0 Å². The molecule has 1 unspecified atom stereocenters. The topological polar surface area (TPSA) is 83.6 Å². The van der Waals surface area contributed by atoms with Crippen LogP contribution in [0, 0.1) is 0 Å². The van der Waals surface area contributed by atoms with Crippen LogP contribution in [0.4, 0.5) is 0 Å². The minimum atomic E-state index is -3.63. The number of carbonyl (C=O) groups is 2. The highest BCUT2D eigenvalue weighted by atomic mass is 32.2. The van der Waals surface area contributed by atoms with E-state index in [9.17, 15) is 18.0 Å². The van der Waals surface area contributed by atoms with Crippen molar-refractivity contribution >= 4 is 21.7 Å². The molecule has 2 amide bonds. The monoisotopic (exact) mass is 324 g/mol. The van der Waals surface area contributed by atoms with Gasteiger partial charge in [0.25, 0.3) is 0 Å². The number of amides is 2. The second kappa shape index (κ2) is 6.91.